The van der Waals surface area contributed by atoms with E-state index >= 15 is 0 Å². The summed E-state index contributed by atoms with van der Waals surface area (Å²) in [4.78, 5) is 12.0. The summed E-state index contributed by atoms with van der Waals surface area (Å²) in [5.74, 6) is 1.78. The summed E-state index contributed by atoms with van der Waals surface area (Å²) in [7, 11) is 1.38. The third-order valence-electron chi connectivity index (χ3n) is 3.27. The van der Waals surface area contributed by atoms with Gasteiger partial charge in [-0.2, -0.15) is 11.8 Å². The highest BCUT2D eigenvalue weighted by Crippen LogP contribution is 2.26. The lowest BCUT2D eigenvalue weighted by Gasteiger charge is -2.27. The van der Waals surface area contributed by atoms with Crippen LogP contribution >= 0.6 is 11.8 Å². The normalized spacial score (nSPS) is 15.6. The number of methoxy groups -OCH3 is 1. The van der Waals surface area contributed by atoms with E-state index < -0.39 is 5.54 Å². The van der Waals surface area contributed by atoms with Gasteiger partial charge in [0.25, 0.3) is 0 Å². The summed E-state index contributed by atoms with van der Waals surface area (Å²) >= 11 is 1.71. The van der Waals surface area contributed by atoms with Crippen molar-refractivity contribution in [3.05, 3.63) is 35.9 Å². The van der Waals surface area contributed by atoms with Crippen LogP contribution in [0.2, 0.25) is 0 Å². The fourth-order valence-electron chi connectivity index (χ4n) is 1.72. The highest BCUT2D eigenvalue weighted by Gasteiger charge is 2.37. The molecular weight excluding hydrogens is 258 g/mol. The van der Waals surface area contributed by atoms with Crippen LogP contribution in [0.15, 0.2) is 30.3 Å². The Labute approximate surface area is 119 Å². The van der Waals surface area contributed by atoms with E-state index in [9.17, 15) is 4.79 Å². The minimum Gasteiger partial charge on any atom is -0.467 e. The Balaban J connectivity index is 2.80. The summed E-state index contributed by atoms with van der Waals surface area (Å²) < 4.78 is 4.88. The van der Waals surface area contributed by atoms with Crippen molar-refractivity contribution in [3.8, 4) is 0 Å². The van der Waals surface area contributed by atoms with E-state index in [1.54, 1.807) is 11.8 Å². The number of nitrogens with two attached hydrogens (primary N) is 1. The predicted molar refractivity (Wildman–Crippen MR) is 81.1 cm³/mol. The molecule has 3 nitrogen and oxygen atoms in total. The van der Waals surface area contributed by atoms with Gasteiger partial charge in [0.05, 0.1) is 7.11 Å². The fraction of sp³-hybridized carbons (Fsp3) is 0.533. The van der Waals surface area contributed by atoms with E-state index in [-0.39, 0.29) is 5.97 Å². The molecule has 19 heavy (non-hydrogen) atoms. The number of esters is 1. The number of benzene rings is 1. The van der Waals surface area contributed by atoms with E-state index in [1.807, 2.05) is 30.3 Å². The molecule has 0 aliphatic carbocycles. The second-order valence-electron chi connectivity index (χ2n) is 4.86. The number of thioether (sulfide) groups is 1. The zero-order valence-corrected chi connectivity index (χ0v) is 12.7. The number of hydrogen-bond acceptors (Lipinski definition) is 4. The third kappa shape index (κ3) is 4.25. The molecular formula is C15H23NO2S. The summed E-state index contributed by atoms with van der Waals surface area (Å²) in [5, 5.41) is 0. The molecule has 106 valence electrons. The predicted octanol–water partition coefficient (Wildman–Crippen LogP) is 2.79. The largest absolute Gasteiger partial charge is 0.467 e. The van der Waals surface area contributed by atoms with E-state index in [2.05, 4.69) is 13.8 Å². The molecule has 0 aliphatic rings. The highest BCUT2D eigenvalue weighted by atomic mass is 32.2. The maximum atomic E-state index is 12.0. The van der Waals surface area contributed by atoms with Gasteiger partial charge in [0, 0.05) is 5.75 Å². The molecule has 0 aromatic heterocycles. The van der Waals surface area contributed by atoms with Crippen molar-refractivity contribution in [3.63, 3.8) is 0 Å². The smallest absolute Gasteiger partial charge is 0.331 e. The van der Waals surface area contributed by atoms with E-state index in [0.29, 0.717) is 11.7 Å². The van der Waals surface area contributed by atoms with Crippen LogP contribution in [0, 0.1) is 5.92 Å². The van der Waals surface area contributed by atoms with Crippen LogP contribution in [0.1, 0.15) is 25.8 Å². The summed E-state index contributed by atoms with van der Waals surface area (Å²) in [5.41, 5.74) is 6.05. The molecule has 0 saturated carbocycles. The molecule has 0 saturated heterocycles. The van der Waals surface area contributed by atoms with Crippen LogP contribution in [0.25, 0.3) is 0 Å². The lowest BCUT2D eigenvalue weighted by molar-refractivity contribution is -0.146. The molecule has 1 aromatic carbocycles. The van der Waals surface area contributed by atoms with Gasteiger partial charge in [0.2, 0.25) is 0 Å². The second-order valence-corrected chi connectivity index (χ2v) is 5.89. The van der Waals surface area contributed by atoms with Gasteiger partial charge in [-0.15, -0.1) is 0 Å². The molecule has 0 spiro atoms. The van der Waals surface area contributed by atoms with Crippen LogP contribution < -0.4 is 5.73 Å². The van der Waals surface area contributed by atoms with Gasteiger partial charge in [-0.1, -0.05) is 50.6 Å². The maximum absolute atomic E-state index is 12.0. The quantitative estimate of drug-likeness (QED) is 0.781. The molecule has 2 N–H and O–H groups in total. The van der Waals surface area contributed by atoms with E-state index in [0.717, 1.165) is 17.7 Å². The molecule has 2 atom stereocenters. The van der Waals surface area contributed by atoms with Gasteiger partial charge >= 0.3 is 5.97 Å². The van der Waals surface area contributed by atoms with Crippen LogP contribution in [0.4, 0.5) is 0 Å². The van der Waals surface area contributed by atoms with Crippen molar-refractivity contribution in [2.75, 3.05) is 18.6 Å². The van der Waals surface area contributed by atoms with Crippen LogP contribution in [0.3, 0.4) is 0 Å². The molecule has 0 radical (unpaired) electrons. The zero-order chi connectivity index (χ0) is 14.3. The summed E-state index contributed by atoms with van der Waals surface area (Å²) in [6.45, 7) is 4.37. The second kappa shape index (κ2) is 7.56. The highest BCUT2D eigenvalue weighted by molar-refractivity contribution is 7.99. The van der Waals surface area contributed by atoms with Gasteiger partial charge in [-0.25, -0.2) is 4.79 Å². The van der Waals surface area contributed by atoms with Gasteiger partial charge in [0.1, 0.15) is 5.54 Å². The zero-order valence-electron chi connectivity index (χ0n) is 11.9. The van der Waals surface area contributed by atoms with Crippen molar-refractivity contribution in [1.82, 2.24) is 0 Å². The third-order valence-corrected chi connectivity index (χ3v) is 4.73. The van der Waals surface area contributed by atoms with Crippen LogP contribution in [-0.4, -0.2) is 24.6 Å². The van der Waals surface area contributed by atoms with Crippen LogP contribution in [0.5, 0.6) is 0 Å². The Morgan fingerprint density at radius 1 is 1.42 bits per heavy atom. The molecule has 0 heterocycles. The van der Waals surface area contributed by atoms with Crippen LogP contribution in [-0.2, 0) is 15.1 Å². The first-order chi connectivity index (χ1) is 9.04. The Kier molecular flexibility index (Phi) is 6.38. The molecule has 1 aromatic rings. The molecule has 0 amide bonds. The van der Waals surface area contributed by atoms with E-state index in [4.69, 9.17) is 10.5 Å². The standard InChI is InChI=1S/C15H23NO2S/c1-4-12(2)10-19-11-15(16,14(17)18-3)13-8-6-5-7-9-13/h5-9,12H,4,10-11,16H2,1-3H3. The number of hydrogen-bond donors (Lipinski definition) is 1. The van der Waals surface area contributed by atoms with Gasteiger partial charge in [-0.3, -0.25) is 0 Å². The Morgan fingerprint density at radius 3 is 2.58 bits per heavy atom. The van der Waals surface area contributed by atoms with Crippen molar-refractivity contribution < 1.29 is 9.53 Å². The number of ether oxygens (including phenoxy) is 1. The molecule has 0 fully saturated rings. The monoisotopic (exact) mass is 281 g/mol. The van der Waals surface area contributed by atoms with Gasteiger partial charge in [0.15, 0.2) is 0 Å². The van der Waals surface area contributed by atoms with Gasteiger partial charge < -0.3 is 10.5 Å². The number of carbonyl (C=O) groups excluding carboxylic acids is 1. The number of carbonyl (C=O) groups is 1. The molecule has 2 unspecified atom stereocenters. The summed E-state index contributed by atoms with van der Waals surface area (Å²) in [6.07, 6.45) is 1.13. The van der Waals surface area contributed by atoms with Crippen molar-refractivity contribution >= 4 is 17.7 Å². The van der Waals surface area contributed by atoms with Crippen molar-refractivity contribution in [1.29, 1.82) is 0 Å². The average molecular weight is 281 g/mol. The molecule has 0 aliphatic heterocycles. The first kappa shape index (κ1) is 16.1. The molecule has 4 heteroatoms. The minimum absolute atomic E-state index is 0.379. The molecule has 0 bridgehead atoms. The Bertz CT molecular complexity index is 396. The average Bonchev–Trinajstić information content (AvgIpc) is 2.46. The minimum atomic E-state index is -1.06. The lowest BCUT2D eigenvalue weighted by atomic mass is 9.93. The Morgan fingerprint density at radius 2 is 2.05 bits per heavy atom. The van der Waals surface area contributed by atoms with Crippen molar-refractivity contribution in [2.45, 2.75) is 25.8 Å². The first-order valence-electron chi connectivity index (χ1n) is 6.55. The topological polar surface area (TPSA) is 52.3 Å². The first-order valence-corrected chi connectivity index (χ1v) is 7.70. The number of rotatable bonds is 7. The Hall–Kier alpha value is -1.00. The molecule has 1 rings (SSSR count). The SMILES string of the molecule is CCC(C)CSCC(N)(C(=O)OC)c1ccccc1. The summed E-state index contributed by atoms with van der Waals surface area (Å²) in [6, 6.07) is 9.44. The lowest BCUT2D eigenvalue weighted by Crippen LogP contribution is -2.48. The maximum Gasteiger partial charge on any atom is 0.331 e. The van der Waals surface area contributed by atoms with E-state index in [1.165, 1.54) is 7.11 Å². The van der Waals surface area contributed by atoms with Crippen molar-refractivity contribution in [2.24, 2.45) is 11.7 Å². The van der Waals surface area contributed by atoms with Gasteiger partial charge in [-0.05, 0) is 17.2 Å². The fourth-order valence-corrected chi connectivity index (χ4v) is 3.08.